The normalized spacial score (nSPS) is 17.2. The Labute approximate surface area is 151 Å². The molecule has 1 amide bonds. The van der Waals surface area contributed by atoms with Gasteiger partial charge >= 0.3 is 0 Å². The van der Waals surface area contributed by atoms with Crippen molar-refractivity contribution in [2.45, 2.75) is 19.4 Å². The third-order valence-electron chi connectivity index (χ3n) is 4.73. The number of benzene rings is 2. The lowest BCUT2D eigenvalue weighted by Crippen LogP contribution is -2.31. The summed E-state index contributed by atoms with van der Waals surface area (Å²) < 4.78 is 5.81. The summed E-state index contributed by atoms with van der Waals surface area (Å²) in [5, 5.41) is 4.91. The number of hydrogen-bond acceptors (Lipinski definition) is 3. The number of para-hydroxylation sites is 2. The molecule has 1 unspecified atom stereocenters. The van der Waals surface area contributed by atoms with Crippen LogP contribution in [0.2, 0.25) is 5.02 Å². The summed E-state index contributed by atoms with van der Waals surface area (Å²) in [5.41, 5.74) is 2.51. The fourth-order valence-corrected chi connectivity index (χ4v) is 3.60. The Morgan fingerprint density at radius 2 is 2.00 bits per heavy atom. The van der Waals surface area contributed by atoms with Crippen molar-refractivity contribution in [2.75, 3.05) is 18.4 Å². The number of anilines is 1. The van der Waals surface area contributed by atoms with Crippen LogP contribution in [0.3, 0.4) is 0 Å². The summed E-state index contributed by atoms with van der Waals surface area (Å²) in [6.45, 7) is 3.29. The van der Waals surface area contributed by atoms with E-state index in [4.69, 9.17) is 16.0 Å². The van der Waals surface area contributed by atoms with Gasteiger partial charge < -0.3 is 14.6 Å². The number of aryl methyl sites for hydroxylation is 1. The highest BCUT2D eigenvalue weighted by Crippen LogP contribution is 2.32. The number of carbonyl (C=O) groups is 1. The van der Waals surface area contributed by atoms with E-state index in [2.05, 4.69) is 5.32 Å². The van der Waals surface area contributed by atoms with Crippen LogP contribution >= 0.6 is 11.6 Å². The molecule has 2 aromatic carbocycles. The molecule has 128 valence electrons. The van der Waals surface area contributed by atoms with E-state index in [9.17, 15) is 4.79 Å². The van der Waals surface area contributed by atoms with Gasteiger partial charge in [0.05, 0.1) is 5.02 Å². The minimum Gasteiger partial charge on any atom is -0.449 e. The van der Waals surface area contributed by atoms with E-state index < -0.39 is 0 Å². The Kier molecular flexibility index (Phi) is 4.14. The molecule has 3 aromatic rings. The van der Waals surface area contributed by atoms with Crippen LogP contribution in [-0.4, -0.2) is 29.9 Å². The molecule has 0 bridgehead atoms. The van der Waals surface area contributed by atoms with Crippen molar-refractivity contribution < 1.29 is 9.21 Å². The average molecular weight is 355 g/mol. The molecule has 1 N–H and O–H groups in total. The summed E-state index contributed by atoms with van der Waals surface area (Å²) in [5.74, 6) is 0.325. The van der Waals surface area contributed by atoms with Gasteiger partial charge in [-0.15, -0.1) is 0 Å². The molecule has 25 heavy (non-hydrogen) atoms. The monoisotopic (exact) mass is 354 g/mol. The molecular formula is C20H19ClN2O2. The van der Waals surface area contributed by atoms with Crippen LogP contribution in [0.1, 0.15) is 22.5 Å². The number of hydrogen-bond donors (Lipinski definition) is 1. The molecule has 2 heterocycles. The van der Waals surface area contributed by atoms with Gasteiger partial charge in [0, 0.05) is 35.8 Å². The highest BCUT2D eigenvalue weighted by atomic mass is 35.5. The molecule has 1 fully saturated rings. The van der Waals surface area contributed by atoms with Gasteiger partial charge in [-0.1, -0.05) is 41.9 Å². The highest BCUT2D eigenvalue weighted by Gasteiger charge is 2.30. The number of amides is 1. The minimum absolute atomic E-state index is 0.0675. The SMILES string of the molecule is Cc1c(C(=O)N2CCC(Nc3ccccc3)C2)oc2c(Cl)cccc12. The van der Waals surface area contributed by atoms with E-state index in [0.29, 0.717) is 29.5 Å². The number of nitrogens with one attached hydrogen (secondary N) is 1. The number of carbonyl (C=O) groups excluding carboxylic acids is 1. The molecule has 0 aliphatic carbocycles. The van der Waals surface area contributed by atoms with E-state index in [1.165, 1.54) is 0 Å². The molecule has 4 nitrogen and oxygen atoms in total. The standard InChI is InChI=1S/C20H19ClN2O2/c1-13-16-8-5-9-17(21)19(16)25-18(13)20(24)23-11-10-15(12-23)22-14-6-3-2-4-7-14/h2-9,15,22H,10-12H2,1H3. The molecule has 1 aliphatic rings. The molecule has 0 spiro atoms. The number of rotatable bonds is 3. The van der Waals surface area contributed by atoms with E-state index in [1.54, 1.807) is 6.07 Å². The first kappa shape index (κ1) is 16.0. The summed E-state index contributed by atoms with van der Waals surface area (Å²) in [6.07, 6.45) is 0.917. The second-order valence-corrected chi connectivity index (χ2v) is 6.83. The summed E-state index contributed by atoms with van der Waals surface area (Å²) in [4.78, 5) is 14.8. The molecule has 5 heteroatoms. The maximum atomic E-state index is 12.9. The maximum absolute atomic E-state index is 12.9. The Balaban J connectivity index is 1.52. The van der Waals surface area contributed by atoms with Crippen LogP contribution < -0.4 is 5.32 Å². The zero-order valence-corrected chi connectivity index (χ0v) is 14.7. The van der Waals surface area contributed by atoms with Crippen molar-refractivity contribution in [3.63, 3.8) is 0 Å². The summed E-state index contributed by atoms with van der Waals surface area (Å²) >= 11 is 6.19. The first-order chi connectivity index (χ1) is 12.1. The molecule has 1 atom stereocenters. The van der Waals surface area contributed by atoms with Gasteiger partial charge in [0.15, 0.2) is 11.3 Å². The van der Waals surface area contributed by atoms with E-state index in [0.717, 1.165) is 23.1 Å². The van der Waals surface area contributed by atoms with E-state index in [1.807, 2.05) is 54.3 Å². The van der Waals surface area contributed by atoms with Crippen molar-refractivity contribution in [2.24, 2.45) is 0 Å². The lowest BCUT2D eigenvalue weighted by Gasteiger charge is -2.17. The molecule has 0 saturated carbocycles. The third-order valence-corrected chi connectivity index (χ3v) is 5.03. The van der Waals surface area contributed by atoms with Crippen LogP contribution in [0.15, 0.2) is 52.9 Å². The first-order valence-corrected chi connectivity index (χ1v) is 8.80. The Bertz CT molecular complexity index is 920. The molecule has 1 aliphatic heterocycles. The van der Waals surface area contributed by atoms with Gasteiger partial charge in [-0.2, -0.15) is 0 Å². The second kappa shape index (κ2) is 6.45. The van der Waals surface area contributed by atoms with Crippen molar-refractivity contribution in [1.82, 2.24) is 4.90 Å². The molecule has 1 aromatic heterocycles. The fourth-order valence-electron chi connectivity index (χ4n) is 3.39. The van der Waals surface area contributed by atoms with Gasteiger partial charge in [0.2, 0.25) is 0 Å². The second-order valence-electron chi connectivity index (χ2n) is 6.42. The van der Waals surface area contributed by atoms with E-state index in [-0.39, 0.29) is 11.9 Å². The number of halogens is 1. The average Bonchev–Trinajstić information content (AvgIpc) is 3.22. The largest absolute Gasteiger partial charge is 0.449 e. The lowest BCUT2D eigenvalue weighted by molar-refractivity contribution is 0.0761. The van der Waals surface area contributed by atoms with E-state index >= 15 is 0 Å². The molecular weight excluding hydrogens is 336 g/mol. The number of likely N-dealkylation sites (tertiary alicyclic amines) is 1. The smallest absolute Gasteiger partial charge is 0.289 e. The Morgan fingerprint density at radius 1 is 1.20 bits per heavy atom. The lowest BCUT2D eigenvalue weighted by atomic mass is 10.1. The first-order valence-electron chi connectivity index (χ1n) is 8.42. The van der Waals surface area contributed by atoms with Gasteiger partial charge in [-0.3, -0.25) is 4.79 Å². The summed E-state index contributed by atoms with van der Waals surface area (Å²) in [6, 6.07) is 15.9. The third kappa shape index (κ3) is 2.98. The van der Waals surface area contributed by atoms with Crippen LogP contribution in [0.4, 0.5) is 5.69 Å². The maximum Gasteiger partial charge on any atom is 0.289 e. The number of nitrogens with zero attached hydrogens (tertiary/aromatic N) is 1. The Hall–Kier alpha value is -2.46. The zero-order chi connectivity index (χ0) is 17.4. The van der Waals surface area contributed by atoms with Crippen LogP contribution in [-0.2, 0) is 0 Å². The van der Waals surface area contributed by atoms with Gasteiger partial charge in [-0.25, -0.2) is 0 Å². The Morgan fingerprint density at radius 3 is 2.76 bits per heavy atom. The van der Waals surface area contributed by atoms with Crippen LogP contribution in [0, 0.1) is 6.92 Å². The summed E-state index contributed by atoms with van der Waals surface area (Å²) in [7, 11) is 0. The van der Waals surface area contributed by atoms with Crippen LogP contribution in [0.25, 0.3) is 11.0 Å². The van der Waals surface area contributed by atoms with Crippen molar-refractivity contribution in [1.29, 1.82) is 0 Å². The minimum atomic E-state index is -0.0675. The van der Waals surface area contributed by atoms with Crippen molar-refractivity contribution >= 4 is 34.2 Å². The zero-order valence-electron chi connectivity index (χ0n) is 14.0. The van der Waals surface area contributed by atoms with Gasteiger partial charge in [-0.05, 0) is 31.5 Å². The molecule has 1 saturated heterocycles. The topological polar surface area (TPSA) is 45.5 Å². The van der Waals surface area contributed by atoms with Crippen LogP contribution in [0.5, 0.6) is 0 Å². The highest BCUT2D eigenvalue weighted by molar-refractivity contribution is 6.35. The predicted molar refractivity (Wildman–Crippen MR) is 100 cm³/mol. The van der Waals surface area contributed by atoms with Gasteiger partial charge in [0.25, 0.3) is 5.91 Å². The quantitative estimate of drug-likeness (QED) is 0.740. The number of furan rings is 1. The predicted octanol–water partition coefficient (Wildman–Crippen LogP) is 4.72. The van der Waals surface area contributed by atoms with Crippen molar-refractivity contribution in [3.8, 4) is 0 Å². The fraction of sp³-hybridized carbons (Fsp3) is 0.250. The molecule has 0 radical (unpaired) electrons. The number of fused-ring (bicyclic) bond motifs is 1. The molecule has 4 rings (SSSR count). The van der Waals surface area contributed by atoms with Crippen molar-refractivity contribution in [3.05, 3.63) is 64.9 Å². The van der Waals surface area contributed by atoms with Gasteiger partial charge in [0.1, 0.15) is 0 Å².